The Bertz CT molecular complexity index is 2650. The van der Waals surface area contributed by atoms with Crippen LogP contribution in [0.25, 0.3) is 33.3 Å². The molecule has 1 saturated heterocycles. The largest absolute Gasteiger partial charge is 0.508 e. The number of aromatic nitrogens is 4. The quantitative estimate of drug-likeness (QED) is 0.137. The van der Waals surface area contributed by atoms with E-state index in [0.717, 1.165) is 44.5 Å². The molecule has 3 amide bonds. The van der Waals surface area contributed by atoms with Crippen molar-refractivity contribution in [2.75, 3.05) is 27.3 Å². The number of ether oxygens (including phenoxy) is 2. The van der Waals surface area contributed by atoms with Crippen LogP contribution in [0.3, 0.4) is 0 Å². The lowest BCUT2D eigenvalue weighted by atomic mass is 9.84. The molecular formula is C50H63N9O7. The third kappa shape index (κ3) is 8.93. The maximum atomic E-state index is 14.7. The molecule has 0 spiro atoms. The molecule has 66 heavy (non-hydrogen) atoms. The van der Waals surface area contributed by atoms with Crippen molar-refractivity contribution in [3.05, 3.63) is 89.8 Å². The van der Waals surface area contributed by atoms with Gasteiger partial charge in [0.2, 0.25) is 11.8 Å². The number of fused-ring (bicyclic) bond motifs is 7. The fraction of sp³-hybridized carbons (Fsp3) is 0.480. The zero-order valence-electron chi connectivity index (χ0n) is 39.2. The minimum Gasteiger partial charge on any atom is -0.508 e. The van der Waals surface area contributed by atoms with E-state index in [4.69, 9.17) is 20.2 Å². The number of phenols is 1. The van der Waals surface area contributed by atoms with E-state index < -0.39 is 53.3 Å². The molecule has 16 heteroatoms. The van der Waals surface area contributed by atoms with E-state index in [1.807, 2.05) is 43.5 Å². The number of aryl methyl sites for hydroxylation is 1. The van der Waals surface area contributed by atoms with Crippen LogP contribution in [0.4, 0.5) is 0 Å². The summed E-state index contributed by atoms with van der Waals surface area (Å²) in [5.41, 5.74) is 16.1. The first-order chi connectivity index (χ1) is 31.5. The number of likely N-dealkylation sites (N-methyl/N-ethyl adjacent to an activating group) is 1. The smallest absolute Gasteiger partial charge is 0.324 e. The molecule has 350 valence electrons. The van der Waals surface area contributed by atoms with Crippen molar-refractivity contribution in [2.24, 2.45) is 23.0 Å². The summed E-state index contributed by atoms with van der Waals surface area (Å²) in [4.78, 5) is 67.9. The first-order valence-electron chi connectivity index (χ1n) is 23.0. The van der Waals surface area contributed by atoms with Gasteiger partial charge in [-0.2, -0.15) is 0 Å². The van der Waals surface area contributed by atoms with E-state index in [-0.39, 0.29) is 43.3 Å². The zero-order valence-corrected chi connectivity index (χ0v) is 39.2. The topological polar surface area (TPSA) is 199 Å². The van der Waals surface area contributed by atoms with Gasteiger partial charge in [-0.3, -0.25) is 29.2 Å². The van der Waals surface area contributed by atoms with Gasteiger partial charge in [0.05, 0.1) is 36.1 Å². The Kier molecular flexibility index (Phi) is 13.1. The Labute approximate surface area is 385 Å². The van der Waals surface area contributed by atoms with Crippen LogP contribution in [0.15, 0.2) is 67.1 Å². The molecule has 2 aromatic carbocycles. The Morgan fingerprint density at radius 3 is 2.61 bits per heavy atom. The number of hydrazine groups is 1. The Morgan fingerprint density at radius 1 is 1.09 bits per heavy atom. The number of nitrogens with two attached hydrogens (primary N) is 1. The summed E-state index contributed by atoms with van der Waals surface area (Å²) in [6, 6.07) is 11.9. The molecule has 3 aromatic heterocycles. The van der Waals surface area contributed by atoms with Gasteiger partial charge in [-0.1, -0.05) is 39.8 Å². The predicted molar refractivity (Wildman–Crippen MR) is 249 cm³/mol. The predicted octanol–water partition coefficient (Wildman–Crippen LogP) is 5.46. The van der Waals surface area contributed by atoms with Crippen molar-refractivity contribution in [3.8, 4) is 28.1 Å². The molecule has 6 heterocycles. The summed E-state index contributed by atoms with van der Waals surface area (Å²) in [5, 5.41) is 16.7. The van der Waals surface area contributed by atoms with Gasteiger partial charge in [0, 0.05) is 80.7 Å². The molecule has 1 unspecified atom stereocenters. The molecule has 3 aliphatic heterocycles. The zero-order chi connectivity index (χ0) is 47.2. The van der Waals surface area contributed by atoms with Crippen molar-refractivity contribution < 1.29 is 33.8 Å². The maximum absolute atomic E-state index is 14.7. The number of carbonyl (C=O) groups excluding carboxylic acids is 4. The van der Waals surface area contributed by atoms with Crippen LogP contribution >= 0.6 is 0 Å². The highest BCUT2D eigenvalue weighted by Crippen LogP contribution is 2.42. The van der Waals surface area contributed by atoms with Gasteiger partial charge in [-0.25, -0.2) is 10.4 Å². The number of carbonyl (C=O) groups is 4. The number of aromatic hydroxyl groups is 1. The van der Waals surface area contributed by atoms with Gasteiger partial charge in [-0.05, 0) is 97.7 Å². The van der Waals surface area contributed by atoms with Crippen LogP contribution in [0.5, 0.6) is 5.75 Å². The van der Waals surface area contributed by atoms with E-state index in [9.17, 15) is 24.3 Å². The summed E-state index contributed by atoms with van der Waals surface area (Å²) < 4.78 is 16.1. The van der Waals surface area contributed by atoms with Crippen LogP contribution in [0.1, 0.15) is 89.2 Å². The average Bonchev–Trinajstić information content (AvgIpc) is 3.98. The minimum atomic E-state index is -1.16. The van der Waals surface area contributed by atoms with Crippen molar-refractivity contribution in [2.45, 2.75) is 111 Å². The van der Waals surface area contributed by atoms with Crippen molar-refractivity contribution in [1.82, 2.24) is 39.8 Å². The maximum Gasteiger partial charge on any atom is 0.324 e. The normalized spacial score (nSPS) is 21.8. The molecule has 5 N–H and O–H groups in total. The van der Waals surface area contributed by atoms with Crippen molar-refractivity contribution in [1.29, 1.82) is 0 Å². The highest BCUT2D eigenvalue weighted by atomic mass is 16.5. The number of hydrogen-bond acceptors (Lipinski definition) is 11. The number of nitrogens with zero attached hydrogens (tertiary/aromatic N) is 6. The van der Waals surface area contributed by atoms with Crippen LogP contribution in [0, 0.1) is 17.3 Å². The van der Waals surface area contributed by atoms with Crippen LogP contribution in [-0.2, 0) is 54.6 Å². The molecule has 0 aliphatic carbocycles. The number of methoxy groups -OCH3 is 1. The number of hydrogen-bond donors (Lipinski definition) is 4. The van der Waals surface area contributed by atoms with E-state index in [1.165, 1.54) is 9.91 Å². The lowest BCUT2D eigenvalue weighted by molar-refractivity contribution is -0.155. The molecule has 0 radical (unpaired) electrons. The highest BCUT2D eigenvalue weighted by molar-refractivity contribution is 5.96. The van der Waals surface area contributed by atoms with E-state index >= 15 is 0 Å². The summed E-state index contributed by atoms with van der Waals surface area (Å²) in [6.45, 7) is 13.3. The van der Waals surface area contributed by atoms with Gasteiger partial charge >= 0.3 is 5.97 Å². The van der Waals surface area contributed by atoms with Gasteiger partial charge in [0.1, 0.15) is 29.7 Å². The Hall–Kier alpha value is -6.10. The molecule has 1 fully saturated rings. The Balaban J connectivity index is 1.20. The molecular weight excluding hydrogens is 839 g/mol. The summed E-state index contributed by atoms with van der Waals surface area (Å²) in [6.07, 6.45) is 6.42. The van der Waals surface area contributed by atoms with E-state index in [1.54, 1.807) is 44.9 Å². The molecule has 6 bridgehead atoms. The number of phenolic OH excluding ortho intramolecular Hbond substituents is 1. The van der Waals surface area contributed by atoms with Crippen molar-refractivity contribution in [3.63, 3.8) is 0 Å². The Morgan fingerprint density at radius 2 is 1.88 bits per heavy atom. The number of cyclic esters (lactones) is 1. The number of rotatable bonds is 9. The fourth-order valence-corrected chi connectivity index (χ4v) is 10.2. The lowest BCUT2D eigenvalue weighted by Gasteiger charge is -2.37. The van der Waals surface area contributed by atoms with Gasteiger partial charge in [0.15, 0.2) is 0 Å². The molecule has 3 aliphatic rings. The number of benzene rings is 2. The summed E-state index contributed by atoms with van der Waals surface area (Å²) in [7, 11) is 3.26. The minimum absolute atomic E-state index is 0.00410. The average molecular weight is 902 g/mol. The summed E-state index contributed by atoms with van der Waals surface area (Å²) in [5.74, 6) is -2.13. The standard InChI is InChI=1S/C50H63N9O7/c1-9-58-40-15-14-31-24-35(40)36(44(58)34-12-10-16-52-42(34)29(4)65-8)25-50(5,6)27-66-49(64)38-13-11-18-59(55-38)48(63)39(22-30-20-32(31)23-33(60)21-30)54-46(61)43(28(2)3)56(7)47(62)37-26-57-19-17-53-45(57)41(37)51/h10,12,14-17,19-21,23-24,28-29,37-39,41,43,55,60H,9,11,13,18,22,25-27,51H2,1-8H3,(H,54,61)/t29-,37-,38-,39-,41-,43?/m0/s1. The second-order valence-corrected chi connectivity index (χ2v) is 19.2. The monoisotopic (exact) mass is 901 g/mol. The second kappa shape index (κ2) is 18.6. The second-order valence-electron chi connectivity index (χ2n) is 19.2. The first kappa shape index (κ1) is 46.4. The molecule has 8 rings (SSSR count). The van der Waals surface area contributed by atoms with E-state index in [0.29, 0.717) is 43.7 Å². The van der Waals surface area contributed by atoms with Crippen LogP contribution < -0.4 is 16.5 Å². The number of esters is 1. The lowest BCUT2D eigenvalue weighted by Crippen LogP contribution is -2.62. The number of pyridine rings is 1. The molecule has 0 saturated carbocycles. The van der Waals surface area contributed by atoms with E-state index in [2.05, 4.69) is 59.3 Å². The van der Waals surface area contributed by atoms with Gasteiger partial charge in [0.25, 0.3) is 5.91 Å². The molecule has 16 nitrogen and oxygen atoms in total. The first-order valence-corrected chi connectivity index (χ1v) is 23.0. The van der Waals surface area contributed by atoms with Crippen LogP contribution in [0.2, 0.25) is 0 Å². The molecule has 6 atom stereocenters. The number of nitrogens with one attached hydrogen (secondary N) is 2. The fourth-order valence-electron chi connectivity index (χ4n) is 10.2. The molecule has 5 aromatic rings. The van der Waals surface area contributed by atoms with Gasteiger partial charge < -0.3 is 39.7 Å². The number of amides is 3. The van der Waals surface area contributed by atoms with Crippen LogP contribution in [-0.4, -0.2) is 103 Å². The third-order valence-electron chi connectivity index (χ3n) is 13.5. The van der Waals surface area contributed by atoms with Gasteiger partial charge in [-0.15, -0.1) is 0 Å². The van der Waals surface area contributed by atoms with Crippen molar-refractivity contribution >= 4 is 34.6 Å². The summed E-state index contributed by atoms with van der Waals surface area (Å²) >= 11 is 0. The SMILES string of the molecule is CCn1c(-c2cccnc2[C@H](C)OC)c2c3cc(ccc31)-c1cc(O)cc(c1)C[C@H](NC(=O)C(C(C)C)N(C)C(=O)[C@H]1Cn3ccnc3[C@H]1N)C(=O)N1CCC[C@H](N1)C(=O)OCC(C)(C)C2. The number of imidazole rings is 1. The third-order valence-corrected chi connectivity index (χ3v) is 13.5. The highest BCUT2D eigenvalue weighted by Gasteiger charge is 2.42.